The number of sulfonamides is 1. The van der Waals surface area contributed by atoms with Crippen molar-refractivity contribution >= 4 is 10.0 Å². The van der Waals surface area contributed by atoms with Gasteiger partial charge in [0.15, 0.2) is 0 Å². The van der Waals surface area contributed by atoms with Gasteiger partial charge in [-0.05, 0) is 18.6 Å². The Hall–Kier alpha value is -1.28. The van der Waals surface area contributed by atoms with Crippen LogP contribution < -0.4 is 9.46 Å². The summed E-state index contributed by atoms with van der Waals surface area (Å²) in [5.41, 5.74) is 0. The third-order valence-corrected chi connectivity index (χ3v) is 3.63. The van der Waals surface area contributed by atoms with Gasteiger partial charge in [0.2, 0.25) is 10.0 Å². The van der Waals surface area contributed by atoms with Crippen molar-refractivity contribution in [3.63, 3.8) is 0 Å². The van der Waals surface area contributed by atoms with Crippen LogP contribution in [0.15, 0.2) is 29.2 Å². The molecule has 1 aromatic rings. The number of alkyl halides is 3. The Morgan fingerprint density at radius 3 is 2.58 bits per heavy atom. The van der Waals surface area contributed by atoms with Crippen molar-refractivity contribution < 1.29 is 26.3 Å². The highest BCUT2D eigenvalue weighted by Crippen LogP contribution is 2.24. The molecule has 0 spiro atoms. The molecule has 0 aliphatic rings. The summed E-state index contributed by atoms with van der Waals surface area (Å²) >= 11 is 0. The highest BCUT2D eigenvalue weighted by atomic mass is 32.2. The Morgan fingerprint density at radius 1 is 1.32 bits per heavy atom. The molecule has 0 unspecified atom stereocenters. The normalized spacial score (nSPS) is 12.4. The van der Waals surface area contributed by atoms with Gasteiger partial charge in [-0.15, -0.1) is 13.2 Å². The van der Waals surface area contributed by atoms with Gasteiger partial charge in [-0.1, -0.05) is 19.4 Å². The molecule has 0 saturated heterocycles. The van der Waals surface area contributed by atoms with Crippen molar-refractivity contribution in [2.24, 2.45) is 0 Å². The Morgan fingerprint density at radius 2 is 2.00 bits per heavy atom. The van der Waals surface area contributed by atoms with Crippen molar-refractivity contribution in [1.82, 2.24) is 4.72 Å². The summed E-state index contributed by atoms with van der Waals surface area (Å²) in [6, 6.07) is 4.27. The quantitative estimate of drug-likeness (QED) is 0.821. The summed E-state index contributed by atoms with van der Waals surface area (Å²) in [5, 5.41) is 0. The molecule has 0 aliphatic heterocycles. The lowest BCUT2D eigenvalue weighted by Gasteiger charge is -2.10. The monoisotopic (exact) mass is 297 g/mol. The summed E-state index contributed by atoms with van der Waals surface area (Å²) in [6.07, 6.45) is -3.39. The Balaban J connectivity index is 2.86. The van der Waals surface area contributed by atoms with E-state index in [1.54, 1.807) is 0 Å². The fourth-order valence-electron chi connectivity index (χ4n) is 1.31. The fourth-order valence-corrected chi connectivity index (χ4v) is 2.41. The van der Waals surface area contributed by atoms with E-state index in [-0.39, 0.29) is 11.4 Å². The molecule has 0 fully saturated rings. The van der Waals surface area contributed by atoms with Gasteiger partial charge in [-0.25, -0.2) is 13.1 Å². The number of rotatable bonds is 6. The van der Waals surface area contributed by atoms with Crippen molar-refractivity contribution in [2.45, 2.75) is 31.0 Å². The Kier molecular flexibility index (Phi) is 5.19. The number of halogens is 3. The maximum Gasteiger partial charge on any atom is 0.573 e. The number of nitrogens with one attached hydrogen (secondary N) is 1. The first-order valence-corrected chi connectivity index (χ1v) is 7.08. The third kappa shape index (κ3) is 5.48. The molecule has 108 valence electrons. The van der Waals surface area contributed by atoms with E-state index in [0.29, 0.717) is 6.42 Å². The first kappa shape index (κ1) is 15.8. The van der Waals surface area contributed by atoms with Gasteiger partial charge >= 0.3 is 6.36 Å². The van der Waals surface area contributed by atoms with E-state index in [1.165, 1.54) is 12.1 Å². The molecule has 0 bridgehead atoms. The maximum absolute atomic E-state index is 12.0. The molecular formula is C11H14F3NO3S. The van der Waals surface area contributed by atoms with Crippen LogP contribution in [0.5, 0.6) is 5.75 Å². The fraction of sp³-hybridized carbons (Fsp3) is 0.455. The van der Waals surface area contributed by atoms with Gasteiger partial charge in [-0.2, -0.15) is 0 Å². The maximum atomic E-state index is 12.0. The molecule has 1 N–H and O–H groups in total. The average Bonchev–Trinajstić information content (AvgIpc) is 2.27. The van der Waals surface area contributed by atoms with E-state index in [9.17, 15) is 21.6 Å². The lowest BCUT2D eigenvalue weighted by molar-refractivity contribution is -0.274. The number of hydrogen-bond acceptors (Lipinski definition) is 3. The second kappa shape index (κ2) is 6.25. The van der Waals surface area contributed by atoms with Crippen molar-refractivity contribution in [2.75, 3.05) is 6.54 Å². The summed E-state index contributed by atoms with van der Waals surface area (Å²) in [5.74, 6) is -0.564. The molecule has 19 heavy (non-hydrogen) atoms. The van der Waals surface area contributed by atoms with Gasteiger partial charge in [0.25, 0.3) is 0 Å². The van der Waals surface area contributed by atoms with Crippen LogP contribution in [-0.4, -0.2) is 21.3 Å². The van der Waals surface area contributed by atoms with E-state index in [0.717, 1.165) is 18.6 Å². The summed E-state index contributed by atoms with van der Waals surface area (Å²) in [7, 11) is -3.81. The van der Waals surface area contributed by atoms with Crippen molar-refractivity contribution in [3.05, 3.63) is 24.3 Å². The van der Waals surface area contributed by atoms with E-state index >= 15 is 0 Å². The molecule has 0 aliphatic carbocycles. The first-order valence-electron chi connectivity index (χ1n) is 5.60. The van der Waals surface area contributed by atoms with E-state index in [2.05, 4.69) is 9.46 Å². The van der Waals surface area contributed by atoms with Crippen LogP contribution in [0.4, 0.5) is 13.2 Å². The highest BCUT2D eigenvalue weighted by Gasteiger charge is 2.31. The zero-order chi connectivity index (χ0) is 14.5. The van der Waals surface area contributed by atoms with Gasteiger partial charge in [0, 0.05) is 12.6 Å². The molecule has 8 heteroatoms. The van der Waals surface area contributed by atoms with Gasteiger partial charge in [0.05, 0.1) is 4.90 Å². The number of benzene rings is 1. The molecule has 1 aromatic carbocycles. The number of hydrogen-bond donors (Lipinski definition) is 1. The van der Waals surface area contributed by atoms with Crippen LogP contribution >= 0.6 is 0 Å². The molecule has 0 heterocycles. The second-order valence-electron chi connectivity index (χ2n) is 3.77. The van der Waals surface area contributed by atoms with E-state index < -0.39 is 22.1 Å². The van der Waals surface area contributed by atoms with Crippen LogP contribution in [0, 0.1) is 0 Å². The van der Waals surface area contributed by atoms with Crippen molar-refractivity contribution in [3.8, 4) is 5.75 Å². The van der Waals surface area contributed by atoms with Crippen LogP contribution in [-0.2, 0) is 10.0 Å². The minimum Gasteiger partial charge on any atom is -0.406 e. The summed E-state index contributed by atoms with van der Waals surface area (Å²) in [6.45, 7) is 2.13. The smallest absolute Gasteiger partial charge is 0.406 e. The molecule has 0 saturated carbocycles. The lowest BCUT2D eigenvalue weighted by atomic mass is 10.3. The Labute approximate surface area is 109 Å². The lowest BCUT2D eigenvalue weighted by Crippen LogP contribution is -2.25. The zero-order valence-corrected chi connectivity index (χ0v) is 11.0. The zero-order valence-electron chi connectivity index (χ0n) is 10.2. The molecule has 4 nitrogen and oxygen atoms in total. The minimum atomic E-state index is -4.85. The predicted octanol–water partition coefficient (Wildman–Crippen LogP) is 2.66. The second-order valence-corrected chi connectivity index (χ2v) is 5.54. The van der Waals surface area contributed by atoms with Crippen LogP contribution in [0.1, 0.15) is 19.8 Å². The molecule has 1 rings (SSSR count). The minimum absolute atomic E-state index is 0.239. The summed E-state index contributed by atoms with van der Waals surface area (Å²) in [4.78, 5) is -0.259. The topological polar surface area (TPSA) is 55.4 Å². The SMILES string of the molecule is CCCCNS(=O)(=O)c1cccc(OC(F)(F)F)c1. The van der Waals surface area contributed by atoms with Gasteiger partial charge < -0.3 is 4.74 Å². The molecular weight excluding hydrogens is 283 g/mol. The van der Waals surface area contributed by atoms with E-state index in [4.69, 9.17) is 0 Å². The van der Waals surface area contributed by atoms with Crippen LogP contribution in [0.3, 0.4) is 0 Å². The van der Waals surface area contributed by atoms with Crippen LogP contribution in [0.25, 0.3) is 0 Å². The number of unbranched alkanes of at least 4 members (excludes halogenated alkanes) is 1. The largest absolute Gasteiger partial charge is 0.573 e. The van der Waals surface area contributed by atoms with Crippen molar-refractivity contribution in [1.29, 1.82) is 0 Å². The Bertz CT molecular complexity index is 514. The standard InChI is InChI=1S/C11H14F3NO3S/c1-2-3-7-15-19(16,17)10-6-4-5-9(8-10)18-11(12,13)14/h4-6,8,15H,2-3,7H2,1H3. The van der Waals surface area contributed by atoms with Gasteiger partial charge in [0.1, 0.15) is 5.75 Å². The highest BCUT2D eigenvalue weighted by molar-refractivity contribution is 7.89. The number of ether oxygens (including phenoxy) is 1. The van der Waals surface area contributed by atoms with Crippen LogP contribution in [0.2, 0.25) is 0 Å². The average molecular weight is 297 g/mol. The predicted molar refractivity (Wildman–Crippen MR) is 63.2 cm³/mol. The first-order chi connectivity index (χ1) is 8.74. The molecule has 0 atom stereocenters. The summed E-state index contributed by atoms with van der Waals surface area (Å²) < 4.78 is 65.6. The van der Waals surface area contributed by atoms with Gasteiger partial charge in [-0.3, -0.25) is 0 Å². The molecule has 0 aromatic heterocycles. The molecule has 0 amide bonds. The van der Waals surface area contributed by atoms with E-state index in [1.807, 2.05) is 6.92 Å². The third-order valence-electron chi connectivity index (χ3n) is 2.17. The molecule has 0 radical (unpaired) electrons.